The van der Waals surface area contributed by atoms with E-state index in [9.17, 15) is 18.3 Å². The summed E-state index contributed by atoms with van der Waals surface area (Å²) in [5, 5.41) is 10.5. The van der Waals surface area contributed by atoms with Crippen molar-refractivity contribution in [2.24, 2.45) is 11.7 Å². The number of benzene rings is 1. The Hall–Kier alpha value is -0.730. The molecule has 3 N–H and O–H groups in total. The van der Waals surface area contributed by atoms with Crippen LogP contribution in [-0.4, -0.2) is 48.1 Å². The molecule has 28 heavy (non-hydrogen) atoms. The molecule has 162 valence electrons. The molecule has 4 atom stereocenters. The van der Waals surface area contributed by atoms with Crippen LogP contribution in [0, 0.1) is 5.92 Å². The maximum absolute atomic E-state index is 12.6. The van der Waals surface area contributed by atoms with Crippen LogP contribution in [-0.2, 0) is 0 Å². The molecule has 2 fully saturated rings. The third kappa shape index (κ3) is 6.95. The van der Waals surface area contributed by atoms with Crippen LogP contribution >= 0.6 is 24.8 Å². The van der Waals surface area contributed by atoms with Gasteiger partial charge in [-0.3, -0.25) is 0 Å². The summed E-state index contributed by atoms with van der Waals surface area (Å²) in [6, 6.07) is 6.36. The van der Waals surface area contributed by atoms with Gasteiger partial charge in [-0.15, -0.1) is 38.0 Å². The summed E-state index contributed by atoms with van der Waals surface area (Å²) < 4.78 is 41.8. The van der Waals surface area contributed by atoms with E-state index in [1.807, 2.05) is 6.07 Å². The maximum atomic E-state index is 12.6. The summed E-state index contributed by atoms with van der Waals surface area (Å²) in [7, 11) is 0. The van der Waals surface area contributed by atoms with Gasteiger partial charge in [0, 0.05) is 25.0 Å². The normalized spacial score (nSPS) is 26.8. The molecule has 1 aliphatic heterocycles. The summed E-state index contributed by atoms with van der Waals surface area (Å²) in [4.78, 5) is 2.26. The minimum Gasteiger partial charge on any atom is -0.406 e. The molecular formula is C19H29Cl2F3N2O2. The molecular weight excluding hydrogens is 416 g/mol. The molecule has 0 bridgehead atoms. The second kappa shape index (κ2) is 10.9. The van der Waals surface area contributed by atoms with Crippen molar-refractivity contribution in [2.75, 3.05) is 19.6 Å². The van der Waals surface area contributed by atoms with Crippen molar-refractivity contribution in [3.63, 3.8) is 0 Å². The molecule has 1 aromatic carbocycles. The van der Waals surface area contributed by atoms with Crippen LogP contribution < -0.4 is 10.5 Å². The lowest BCUT2D eigenvalue weighted by molar-refractivity contribution is -0.274. The lowest BCUT2D eigenvalue weighted by Gasteiger charge is -2.37. The van der Waals surface area contributed by atoms with Gasteiger partial charge in [0.2, 0.25) is 0 Å². The lowest BCUT2D eigenvalue weighted by atomic mass is 9.74. The van der Waals surface area contributed by atoms with Crippen molar-refractivity contribution >= 4 is 24.8 Å². The highest BCUT2D eigenvalue weighted by molar-refractivity contribution is 5.85. The topological polar surface area (TPSA) is 58.7 Å². The largest absolute Gasteiger partial charge is 0.573 e. The van der Waals surface area contributed by atoms with E-state index in [0.29, 0.717) is 6.54 Å². The zero-order chi connectivity index (χ0) is 18.7. The Kier molecular flexibility index (Phi) is 9.83. The summed E-state index contributed by atoms with van der Waals surface area (Å²) in [6.07, 6.45) is -0.531. The molecule has 1 aromatic rings. The Morgan fingerprint density at radius 3 is 2.50 bits per heavy atom. The van der Waals surface area contributed by atoms with Crippen LogP contribution in [0.5, 0.6) is 5.75 Å². The molecule has 0 amide bonds. The predicted molar refractivity (Wildman–Crippen MR) is 107 cm³/mol. The second-order valence-electron chi connectivity index (χ2n) is 7.55. The van der Waals surface area contributed by atoms with Gasteiger partial charge in [0.15, 0.2) is 0 Å². The summed E-state index contributed by atoms with van der Waals surface area (Å²) in [6.45, 7) is 2.38. The Labute approximate surface area is 176 Å². The highest BCUT2D eigenvalue weighted by Gasteiger charge is 2.35. The molecule has 0 radical (unpaired) electrons. The first kappa shape index (κ1) is 25.3. The summed E-state index contributed by atoms with van der Waals surface area (Å²) in [5.74, 6) is -0.197. The van der Waals surface area contributed by atoms with E-state index >= 15 is 0 Å². The zero-order valence-electron chi connectivity index (χ0n) is 15.6. The van der Waals surface area contributed by atoms with Crippen molar-refractivity contribution in [3.05, 3.63) is 29.8 Å². The average molecular weight is 445 g/mol. The standard InChI is InChI=1S/C19H27F3N2O2.2ClH/c20-19(21,22)26-15-5-3-4-13(10-15)17(12-24-9-8-14(23)11-24)16-6-1-2-7-18(16)25;;/h3-5,10,14,16-18,25H,1-2,6-9,11-12,23H2;2*1H/t14-,16?,17?,18?;;/m1../s1. The molecule has 1 heterocycles. The number of alkyl halides is 3. The first-order chi connectivity index (χ1) is 12.3. The first-order valence-corrected chi connectivity index (χ1v) is 9.33. The van der Waals surface area contributed by atoms with Gasteiger partial charge < -0.3 is 20.5 Å². The monoisotopic (exact) mass is 444 g/mol. The molecule has 1 saturated heterocycles. The Morgan fingerprint density at radius 2 is 1.89 bits per heavy atom. The predicted octanol–water partition coefficient (Wildman–Crippen LogP) is 4.10. The van der Waals surface area contributed by atoms with Gasteiger partial charge in [-0.25, -0.2) is 0 Å². The van der Waals surface area contributed by atoms with Gasteiger partial charge in [-0.05, 0) is 49.4 Å². The van der Waals surface area contributed by atoms with E-state index in [0.717, 1.165) is 50.8 Å². The fourth-order valence-corrected chi connectivity index (χ4v) is 4.35. The summed E-state index contributed by atoms with van der Waals surface area (Å²) in [5.41, 5.74) is 6.79. The quantitative estimate of drug-likeness (QED) is 0.717. The van der Waals surface area contributed by atoms with Crippen LogP contribution in [0.15, 0.2) is 24.3 Å². The molecule has 9 heteroatoms. The summed E-state index contributed by atoms with van der Waals surface area (Å²) >= 11 is 0. The van der Waals surface area contributed by atoms with Crippen LogP contribution in [0.2, 0.25) is 0 Å². The highest BCUT2D eigenvalue weighted by Crippen LogP contribution is 2.38. The fraction of sp³-hybridized carbons (Fsp3) is 0.684. The zero-order valence-corrected chi connectivity index (χ0v) is 17.2. The van der Waals surface area contributed by atoms with Crippen molar-refractivity contribution in [3.8, 4) is 5.75 Å². The van der Waals surface area contributed by atoms with Crippen LogP contribution in [0.4, 0.5) is 13.2 Å². The third-order valence-corrected chi connectivity index (χ3v) is 5.58. The molecule has 3 rings (SSSR count). The first-order valence-electron chi connectivity index (χ1n) is 9.33. The number of aliphatic hydroxyl groups is 1. The van der Waals surface area contributed by atoms with E-state index < -0.39 is 12.5 Å². The number of aliphatic hydroxyl groups excluding tert-OH is 1. The minimum atomic E-state index is -4.71. The number of hydrogen-bond donors (Lipinski definition) is 2. The third-order valence-electron chi connectivity index (χ3n) is 5.58. The number of rotatable bonds is 5. The van der Waals surface area contributed by atoms with Crippen molar-refractivity contribution in [1.82, 2.24) is 4.90 Å². The molecule has 4 nitrogen and oxygen atoms in total. The molecule has 0 spiro atoms. The van der Waals surface area contributed by atoms with Crippen molar-refractivity contribution < 1.29 is 23.0 Å². The maximum Gasteiger partial charge on any atom is 0.573 e. The second-order valence-corrected chi connectivity index (χ2v) is 7.55. The van der Waals surface area contributed by atoms with Crippen LogP contribution in [0.3, 0.4) is 0 Å². The van der Waals surface area contributed by atoms with Gasteiger partial charge >= 0.3 is 6.36 Å². The molecule has 1 aliphatic carbocycles. The average Bonchev–Trinajstić information content (AvgIpc) is 2.97. The Balaban J connectivity index is 0.00000196. The molecule has 2 aliphatic rings. The lowest BCUT2D eigenvalue weighted by Crippen LogP contribution is -2.37. The number of halogens is 5. The highest BCUT2D eigenvalue weighted by atomic mass is 35.5. The number of nitrogens with two attached hydrogens (primary N) is 1. The Bertz CT molecular complexity index is 607. The van der Waals surface area contributed by atoms with Gasteiger partial charge in [0.1, 0.15) is 5.75 Å². The number of nitrogens with zero attached hydrogens (tertiary/aromatic N) is 1. The van der Waals surface area contributed by atoms with Crippen LogP contribution in [0.1, 0.15) is 43.6 Å². The SMILES string of the molecule is Cl.Cl.N[C@@H]1CCN(CC(c2cccc(OC(F)(F)F)c2)C2CCCCC2O)C1. The van der Waals surface area contributed by atoms with E-state index in [1.54, 1.807) is 6.07 Å². The molecule has 1 saturated carbocycles. The van der Waals surface area contributed by atoms with Crippen molar-refractivity contribution in [2.45, 2.75) is 56.5 Å². The van der Waals surface area contributed by atoms with Gasteiger partial charge in [0.25, 0.3) is 0 Å². The van der Waals surface area contributed by atoms with Gasteiger partial charge in [0.05, 0.1) is 6.10 Å². The number of hydrogen-bond acceptors (Lipinski definition) is 4. The smallest absolute Gasteiger partial charge is 0.406 e. The van der Waals surface area contributed by atoms with Crippen LogP contribution in [0.25, 0.3) is 0 Å². The Morgan fingerprint density at radius 1 is 1.18 bits per heavy atom. The van der Waals surface area contributed by atoms with Gasteiger partial charge in [-0.2, -0.15) is 0 Å². The van der Waals surface area contributed by atoms with E-state index in [4.69, 9.17) is 5.73 Å². The van der Waals surface area contributed by atoms with E-state index in [2.05, 4.69) is 9.64 Å². The number of likely N-dealkylation sites (tertiary alicyclic amines) is 1. The minimum absolute atomic E-state index is 0. The number of ether oxygens (including phenoxy) is 1. The molecule has 3 unspecified atom stereocenters. The molecule has 0 aromatic heterocycles. The van der Waals surface area contributed by atoms with E-state index in [1.165, 1.54) is 12.1 Å². The van der Waals surface area contributed by atoms with E-state index in [-0.39, 0.29) is 48.4 Å². The van der Waals surface area contributed by atoms with Gasteiger partial charge in [-0.1, -0.05) is 25.0 Å². The fourth-order valence-electron chi connectivity index (χ4n) is 4.35. The van der Waals surface area contributed by atoms with Crippen molar-refractivity contribution in [1.29, 1.82) is 0 Å².